The summed E-state index contributed by atoms with van der Waals surface area (Å²) in [6, 6.07) is 7.74. The molecule has 0 N–H and O–H groups in total. The number of hydrogen-bond donors (Lipinski definition) is 0. The lowest BCUT2D eigenvalue weighted by atomic mass is 9.83. The van der Waals surface area contributed by atoms with E-state index in [0.717, 1.165) is 47.2 Å². The summed E-state index contributed by atoms with van der Waals surface area (Å²) < 4.78 is 71.3. The molecule has 1 aliphatic heterocycles. The summed E-state index contributed by atoms with van der Waals surface area (Å²) in [5.74, 6) is -1.06. The van der Waals surface area contributed by atoms with Crippen LogP contribution in [-0.4, -0.2) is 50.5 Å². The van der Waals surface area contributed by atoms with Crippen LogP contribution in [0.25, 0.3) is 0 Å². The van der Waals surface area contributed by atoms with Crippen LogP contribution in [0.4, 0.5) is 23.7 Å². The predicted octanol–water partition coefficient (Wildman–Crippen LogP) is 4.53. The third-order valence-electron chi connectivity index (χ3n) is 6.63. The van der Waals surface area contributed by atoms with Crippen molar-refractivity contribution in [2.75, 3.05) is 24.3 Å². The van der Waals surface area contributed by atoms with E-state index < -0.39 is 45.4 Å². The standard InChI is InChI=1S/C27H24F3N3O6S/c1-16(34)39-12-11-32-25(20-10-9-17(15-31)13-23(20)40(2,37)38)24-21(7-4-8-22(24)35)33(26(32)36)19-6-3-5-18(14-19)27(28,29)30/h3,5-6,9-10,13-14,25H,4,7-8,11-12H2,1-2H3. The predicted molar refractivity (Wildman–Crippen MR) is 136 cm³/mol. The number of nitriles is 1. The van der Waals surface area contributed by atoms with Crippen LogP contribution in [0.1, 0.15) is 48.9 Å². The highest BCUT2D eigenvalue weighted by Crippen LogP contribution is 2.46. The van der Waals surface area contributed by atoms with Gasteiger partial charge in [0.05, 0.1) is 40.4 Å². The Hall–Kier alpha value is -4.18. The highest BCUT2D eigenvalue weighted by Gasteiger charge is 2.46. The van der Waals surface area contributed by atoms with Gasteiger partial charge in [-0.05, 0) is 48.7 Å². The van der Waals surface area contributed by atoms with Crippen molar-refractivity contribution in [3.05, 3.63) is 70.4 Å². The Kier molecular flexibility index (Phi) is 7.76. The van der Waals surface area contributed by atoms with Crippen molar-refractivity contribution in [2.45, 2.75) is 43.3 Å². The Morgan fingerprint density at radius 2 is 1.88 bits per heavy atom. The third kappa shape index (κ3) is 5.58. The normalized spacial score (nSPS) is 17.9. The zero-order chi connectivity index (χ0) is 29.4. The summed E-state index contributed by atoms with van der Waals surface area (Å²) in [7, 11) is -3.98. The van der Waals surface area contributed by atoms with Gasteiger partial charge in [-0.3, -0.25) is 14.5 Å². The van der Waals surface area contributed by atoms with Crippen LogP contribution in [0.5, 0.6) is 0 Å². The number of carbonyl (C=O) groups is 3. The Bertz CT molecular complexity index is 1580. The first kappa shape index (κ1) is 28.8. The molecule has 0 radical (unpaired) electrons. The fourth-order valence-electron chi connectivity index (χ4n) is 4.97. The second-order valence-corrected chi connectivity index (χ2v) is 11.4. The van der Waals surface area contributed by atoms with Crippen molar-refractivity contribution in [3.63, 3.8) is 0 Å². The van der Waals surface area contributed by atoms with Crippen molar-refractivity contribution in [2.24, 2.45) is 0 Å². The number of sulfone groups is 1. The second kappa shape index (κ2) is 10.8. The summed E-state index contributed by atoms with van der Waals surface area (Å²) in [5.41, 5.74) is -0.821. The van der Waals surface area contributed by atoms with Gasteiger partial charge in [0, 0.05) is 30.9 Å². The van der Waals surface area contributed by atoms with Gasteiger partial charge in [-0.2, -0.15) is 18.4 Å². The van der Waals surface area contributed by atoms with E-state index in [2.05, 4.69) is 0 Å². The first-order chi connectivity index (χ1) is 18.7. The molecule has 2 amide bonds. The molecule has 0 aromatic heterocycles. The highest BCUT2D eigenvalue weighted by molar-refractivity contribution is 7.90. The minimum absolute atomic E-state index is 0.0348. The molecule has 2 aromatic rings. The number of ether oxygens (including phenoxy) is 1. The number of hydrogen-bond acceptors (Lipinski definition) is 7. The zero-order valence-corrected chi connectivity index (χ0v) is 22.3. The Balaban J connectivity index is 2.00. The van der Waals surface area contributed by atoms with Gasteiger partial charge in [-0.25, -0.2) is 13.2 Å². The van der Waals surface area contributed by atoms with Gasteiger partial charge in [-0.1, -0.05) is 12.1 Å². The maximum atomic E-state index is 14.1. The fourth-order valence-corrected chi connectivity index (χ4v) is 5.92. The number of allylic oxidation sites excluding steroid dienone is 1. The fraction of sp³-hybridized carbons (Fsp3) is 0.333. The van der Waals surface area contributed by atoms with Crippen LogP contribution >= 0.6 is 0 Å². The van der Waals surface area contributed by atoms with Gasteiger partial charge in [0.15, 0.2) is 15.6 Å². The second-order valence-electron chi connectivity index (χ2n) is 9.38. The van der Waals surface area contributed by atoms with E-state index in [-0.39, 0.29) is 59.0 Å². The van der Waals surface area contributed by atoms with Gasteiger partial charge >= 0.3 is 18.2 Å². The molecule has 1 atom stereocenters. The van der Waals surface area contributed by atoms with Crippen molar-refractivity contribution < 1.29 is 40.7 Å². The number of ketones is 1. The van der Waals surface area contributed by atoms with Gasteiger partial charge in [0.1, 0.15) is 6.61 Å². The first-order valence-electron chi connectivity index (χ1n) is 12.2. The molecule has 1 heterocycles. The van der Waals surface area contributed by atoms with Gasteiger partial charge < -0.3 is 9.64 Å². The van der Waals surface area contributed by atoms with Crippen LogP contribution in [0.15, 0.2) is 58.6 Å². The average Bonchev–Trinajstić information content (AvgIpc) is 2.88. The molecule has 0 spiro atoms. The highest BCUT2D eigenvalue weighted by atomic mass is 32.2. The summed E-state index contributed by atoms with van der Waals surface area (Å²) in [6.45, 7) is 0.527. The van der Waals surface area contributed by atoms with E-state index in [0.29, 0.717) is 6.42 Å². The molecular formula is C27H24F3N3O6S. The molecule has 40 heavy (non-hydrogen) atoms. The zero-order valence-electron chi connectivity index (χ0n) is 21.5. The number of amides is 2. The third-order valence-corrected chi connectivity index (χ3v) is 7.78. The lowest BCUT2D eigenvalue weighted by Crippen LogP contribution is -2.53. The number of halogens is 3. The molecule has 0 saturated heterocycles. The Morgan fingerprint density at radius 3 is 2.50 bits per heavy atom. The van der Waals surface area contributed by atoms with Crippen molar-refractivity contribution in [3.8, 4) is 6.07 Å². The SMILES string of the molecule is CC(=O)OCCN1C(=O)N(c2cccc(C(F)(F)F)c2)C2=C(C(=O)CCC2)C1c1ccc(C#N)cc1S(C)(=O)=O. The number of benzene rings is 2. The van der Waals surface area contributed by atoms with Crippen LogP contribution < -0.4 is 4.90 Å². The molecule has 210 valence electrons. The van der Waals surface area contributed by atoms with Crippen LogP contribution in [0.3, 0.4) is 0 Å². The van der Waals surface area contributed by atoms with Crippen molar-refractivity contribution >= 4 is 33.3 Å². The monoisotopic (exact) mass is 575 g/mol. The van der Waals surface area contributed by atoms with Crippen LogP contribution in [-0.2, 0) is 30.3 Å². The number of nitrogens with zero attached hydrogens (tertiary/aromatic N) is 3. The molecule has 1 unspecified atom stereocenters. The number of urea groups is 1. The molecule has 4 rings (SSSR count). The van der Waals surface area contributed by atoms with E-state index in [4.69, 9.17) is 4.74 Å². The summed E-state index contributed by atoms with van der Waals surface area (Å²) >= 11 is 0. The number of rotatable bonds is 6. The maximum absolute atomic E-state index is 14.1. The largest absolute Gasteiger partial charge is 0.464 e. The number of alkyl halides is 3. The molecule has 13 heteroatoms. The van der Waals surface area contributed by atoms with Crippen molar-refractivity contribution in [1.29, 1.82) is 5.26 Å². The minimum atomic E-state index is -4.70. The summed E-state index contributed by atoms with van der Waals surface area (Å²) in [4.78, 5) is 40.8. The minimum Gasteiger partial charge on any atom is -0.464 e. The topological polar surface area (TPSA) is 125 Å². The number of carbonyl (C=O) groups excluding carboxylic acids is 3. The quantitative estimate of drug-likeness (QED) is 0.464. The molecule has 2 aromatic carbocycles. The summed E-state index contributed by atoms with van der Waals surface area (Å²) in [5, 5.41) is 9.35. The van der Waals surface area contributed by atoms with Gasteiger partial charge in [-0.15, -0.1) is 0 Å². The van der Waals surface area contributed by atoms with E-state index in [1.54, 1.807) is 0 Å². The Labute approximate surface area is 228 Å². The van der Waals surface area contributed by atoms with Crippen molar-refractivity contribution in [1.82, 2.24) is 4.90 Å². The average molecular weight is 576 g/mol. The lowest BCUT2D eigenvalue weighted by Gasteiger charge is -2.45. The lowest BCUT2D eigenvalue weighted by molar-refractivity contribution is -0.141. The van der Waals surface area contributed by atoms with Gasteiger partial charge in [0.25, 0.3) is 0 Å². The smallest absolute Gasteiger partial charge is 0.416 e. The van der Waals surface area contributed by atoms with E-state index in [9.17, 15) is 41.2 Å². The first-order valence-corrected chi connectivity index (χ1v) is 14.0. The molecule has 0 bridgehead atoms. The van der Waals surface area contributed by atoms with E-state index in [1.807, 2.05) is 6.07 Å². The Morgan fingerprint density at radius 1 is 1.15 bits per heavy atom. The molecule has 9 nitrogen and oxygen atoms in total. The number of anilines is 1. The van der Waals surface area contributed by atoms with E-state index in [1.165, 1.54) is 18.2 Å². The van der Waals surface area contributed by atoms with Crippen LogP contribution in [0, 0.1) is 11.3 Å². The number of Topliss-reactive ketones (excluding diaryl/α,β-unsaturated/α-hetero) is 1. The molecule has 2 aliphatic rings. The molecular weight excluding hydrogens is 551 g/mol. The number of esters is 1. The van der Waals surface area contributed by atoms with Gasteiger partial charge in [0.2, 0.25) is 0 Å². The molecule has 1 aliphatic carbocycles. The maximum Gasteiger partial charge on any atom is 0.416 e. The van der Waals surface area contributed by atoms with Crippen LogP contribution in [0.2, 0.25) is 0 Å². The molecule has 0 saturated carbocycles. The van der Waals surface area contributed by atoms with E-state index >= 15 is 0 Å². The summed E-state index contributed by atoms with van der Waals surface area (Å²) in [6.07, 6.45) is -3.20. The molecule has 0 fully saturated rings.